The first-order valence-electron chi connectivity index (χ1n) is 5.83. The summed E-state index contributed by atoms with van der Waals surface area (Å²) in [5.41, 5.74) is 5.01. The molecule has 0 aromatic carbocycles. The second-order valence-corrected chi connectivity index (χ2v) is 4.41. The molecular formula is C11H20N2O3. The highest BCUT2D eigenvalue weighted by atomic mass is 16.4. The Morgan fingerprint density at radius 1 is 1.31 bits per heavy atom. The minimum absolute atomic E-state index is 0.194. The largest absolute Gasteiger partial charge is 0.481 e. The van der Waals surface area contributed by atoms with E-state index >= 15 is 0 Å². The number of hydrogen-bond acceptors (Lipinski definition) is 3. The zero-order valence-electron chi connectivity index (χ0n) is 9.45. The van der Waals surface area contributed by atoms with Gasteiger partial charge in [0, 0.05) is 13.0 Å². The van der Waals surface area contributed by atoms with E-state index in [0.717, 1.165) is 25.7 Å². The maximum absolute atomic E-state index is 11.0. The van der Waals surface area contributed by atoms with Gasteiger partial charge in [0.05, 0.1) is 5.92 Å². The Balaban J connectivity index is 2.27. The fourth-order valence-electron chi connectivity index (χ4n) is 2.28. The average Bonchev–Trinajstić information content (AvgIpc) is 2.24. The first-order valence-corrected chi connectivity index (χ1v) is 5.83. The highest BCUT2D eigenvalue weighted by molar-refractivity contribution is 5.73. The number of carboxylic acids is 1. The van der Waals surface area contributed by atoms with Gasteiger partial charge >= 0.3 is 5.97 Å². The zero-order chi connectivity index (χ0) is 12.0. The molecule has 1 aliphatic rings. The molecule has 1 aliphatic carbocycles. The molecule has 4 N–H and O–H groups in total. The quantitative estimate of drug-likeness (QED) is 0.572. The van der Waals surface area contributed by atoms with Crippen molar-refractivity contribution >= 4 is 11.9 Å². The highest BCUT2D eigenvalue weighted by Gasteiger charge is 2.30. The molecule has 2 atom stereocenters. The Kier molecular flexibility index (Phi) is 5.25. The number of carboxylic acid groups (broad SMARTS) is 1. The predicted octanol–water partition coefficient (Wildman–Crippen LogP) is 0.342. The molecule has 16 heavy (non-hydrogen) atoms. The van der Waals surface area contributed by atoms with Crippen LogP contribution in [0.5, 0.6) is 0 Å². The monoisotopic (exact) mass is 228 g/mol. The lowest BCUT2D eigenvalue weighted by Gasteiger charge is -2.28. The number of nitrogens with two attached hydrogens (primary N) is 1. The fourth-order valence-corrected chi connectivity index (χ4v) is 2.28. The van der Waals surface area contributed by atoms with Crippen molar-refractivity contribution < 1.29 is 14.7 Å². The molecule has 0 radical (unpaired) electrons. The summed E-state index contributed by atoms with van der Waals surface area (Å²) in [6.45, 7) is 1.21. The molecule has 1 saturated carbocycles. The van der Waals surface area contributed by atoms with E-state index in [1.54, 1.807) is 0 Å². The highest BCUT2D eigenvalue weighted by Crippen LogP contribution is 2.29. The van der Waals surface area contributed by atoms with Crippen molar-refractivity contribution in [2.45, 2.75) is 32.1 Å². The number of aliphatic carboxylic acids is 1. The number of carbonyl (C=O) groups excluding carboxylic acids is 1. The summed E-state index contributed by atoms with van der Waals surface area (Å²) in [5, 5.41) is 12.2. The second kappa shape index (κ2) is 6.48. The average molecular weight is 228 g/mol. The van der Waals surface area contributed by atoms with Crippen molar-refractivity contribution in [3.63, 3.8) is 0 Å². The van der Waals surface area contributed by atoms with Gasteiger partial charge in [-0.05, 0) is 25.3 Å². The van der Waals surface area contributed by atoms with E-state index in [1.165, 1.54) is 0 Å². The van der Waals surface area contributed by atoms with Gasteiger partial charge < -0.3 is 16.2 Å². The molecule has 5 heteroatoms. The summed E-state index contributed by atoms with van der Waals surface area (Å²) in [6.07, 6.45) is 4.16. The molecular weight excluding hydrogens is 208 g/mol. The number of hydrogen-bond donors (Lipinski definition) is 3. The molecule has 5 nitrogen and oxygen atoms in total. The van der Waals surface area contributed by atoms with Crippen LogP contribution in [0.25, 0.3) is 0 Å². The molecule has 92 valence electrons. The van der Waals surface area contributed by atoms with E-state index in [9.17, 15) is 9.59 Å². The zero-order valence-corrected chi connectivity index (χ0v) is 9.45. The van der Waals surface area contributed by atoms with Crippen molar-refractivity contribution in [1.29, 1.82) is 0 Å². The topological polar surface area (TPSA) is 92.4 Å². The van der Waals surface area contributed by atoms with Crippen LogP contribution in [-0.4, -0.2) is 30.1 Å². The molecule has 2 unspecified atom stereocenters. The molecule has 1 amide bonds. The predicted molar refractivity (Wildman–Crippen MR) is 59.8 cm³/mol. The van der Waals surface area contributed by atoms with E-state index in [2.05, 4.69) is 5.32 Å². The molecule has 0 aromatic heterocycles. The molecule has 0 aromatic rings. The SMILES string of the molecule is NC(=O)CCNCC1CCCCC1C(=O)O. The molecule has 0 aliphatic heterocycles. The number of rotatable bonds is 6. The Labute approximate surface area is 95.4 Å². The van der Waals surface area contributed by atoms with Crippen molar-refractivity contribution in [3.05, 3.63) is 0 Å². The number of amides is 1. The second-order valence-electron chi connectivity index (χ2n) is 4.41. The third kappa shape index (κ3) is 4.18. The summed E-state index contributed by atoms with van der Waals surface area (Å²) in [5.74, 6) is -1.05. The van der Waals surface area contributed by atoms with Gasteiger partial charge in [-0.25, -0.2) is 0 Å². The van der Waals surface area contributed by atoms with Gasteiger partial charge in [0.1, 0.15) is 0 Å². The van der Waals surface area contributed by atoms with Crippen LogP contribution in [0.1, 0.15) is 32.1 Å². The van der Waals surface area contributed by atoms with Crippen LogP contribution in [-0.2, 0) is 9.59 Å². The van der Waals surface area contributed by atoms with Crippen LogP contribution in [0.4, 0.5) is 0 Å². The Hall–Kier alpha value is -1.10. The number of carbonyl (C=O) groups is 2. The summed E-state index contributed by atoms with van der Waals surface area (Å²) >= 11 is 0. The first kappa shape index (κ1) is 13.0. The lowest BCUT2D eigenvalue weighted by Crippen LogP contribution is -2.35. The molecule has 0 saturated heterocycles. The first-order chi connectivity index (χ1) is 7.61. The van der Waals surface area contributed by atoms with Gasteiger partial charge in [0.15, 0.2) is 0 Å². The smallest absolute Gasteiger partial charge is 0.306 e. The number of primary amides is 1. The van der Waals surface area contributed by atoms with Gasteiger partial charge in [-0.15, -0.1) is 0 Å². The van der Waals surface area contributed by atoms with Crippen molar-refractivity contribution in [2.75, 3.05) is 13.1 Å². The van der Waals surface area contributed by atoms with Gasteiger partial charge in [-0.3, -0.25) is 9.59 Å². The minimum atomic E-state index is -0.693. The van der Waals surface area contributed by atoms with Crippen LogP contribution < -0.4 is 11.1 Å². The number of nitrogens with one attached hydrogen (secondary N) is 1. The van der Waals surface area contributed by atoms with Gasteiger partial charge in [0.25, 0.3) is 0 Å². The Morgan fingerprint density at radius 3 is 2.62 bits per heavy atom. The fraction of sp³-hybridized carbons (Fsp3) is 0.818. The van der Waals surface area contributed by atoms with Crippen LogP contribution in [0.3, 0.4) is 0 Å². The van der Waals surface area contributed by atoms with Gasteiger partial charge in [0.2, 0.25) is 5.91 Å². The van der Waals surface area contributed by atoms with Crippen molar-refractivity contribution in [2.24, 2.45) is 17.6 Å². The molecule has 0 bridgehead atoms. The summed E-state index contributed by atoms with van der Waals surface area (Å²) < 4.78 is 0. The summed E-state index contributed by atoms with van der Waals surface area (Å²) in [4.78, 5) is 21.5. The van der Waals surface area contributed by atoms with E-state index in [1.807, 2.05) is 0 Å². The van der Waals surface area contributed by atoms with E-state index < -0.39 is 5.97 Å². The lowest BCUT2D eigenvalue weighted by atomic mass is 9.79. The van der Waals surface area contributed by atoms with Crippen LogP contribution in [0.2, 0.25) is 0 Å². The molecule has 0 heterocycles. The van der Waals surface area contributed by atoms with Gasteiger partial charge in [-0.2, -0.15) is 0 Å². The van der Waals surface area contributed by atoms with E-state index in [0.29, 0.717) is 19.5 Å². The van der Waals surface area contributed by atoms with E-state index in [-0.39, 0.29) is 17.7 Å². The molecule has 1 rings (SSSR count). The third-order valence-corrected chi connectivity index (χ3v) is 3.18. The van der Waals surface area contributed by atoms with Crippen molar-refractivity contribution in [1.82, 2.24) is 5.32 Å². The van der Waals surface area contributed by atoms with Crippen LogP contribution in [0, 0.1) is 11.8 Å². The van der Waals surface area contributed by atoms with Crippen molar-refractivity contribution in [3.8, 4) is 0 Å². The summed E-state index contributed by atoms with van der Waals surface area (Å²) in [6, 6.07) is 0. The van der Waals surface area contributed by atoms with Gasteiger partial charge in [-0.1, -0.05) is 12.8 Å². The lowest BCUT2D eigenvalue weighted by molar-refractivity contribution is -0.144. The third-order valence-electron chi connectivity index (χ3n) is 3.18. The Bertz CT molecular complexity index is 256. The molecule has 1 fully saturated rings. The summed E-state index contributed by atoms with van der Waals surface area (Å²) in [7, 11) is 0. The maximum atomic E-state index is 11.0. The van der Waals surface area contributed by atoms with Crippen LogP contribution in [0.15, 0.2) is 0 Å². The van der Waals surface area contributed by atoms with E-state index in [4.69, 9.17) is 10.8 Å². The normalized spacial score (nSPS) is 25.2. The Morgan fingerprint density at radius 2 is 2.00 bits per heavy atom. The molecule has 0 spiro atoms. The maximum Gasteiger partial charge on any atom is 0.306 e. The van der Waals surface area contributed by atoms with Crippen LogP contribution >= 0.6 is 0 Å². The minimum Gasteiger partial charge on any atom is -0.481 e. The standard InChI is InChI=1S/C11H20N2O3/c12-10(14)5-6-13-7-8-3-1-2-4-9(8)11(15)16/h8-9,13H,1-7H2,(H2,12,14)(H,15,16).